The molecule has 0 radical (unpaired) electrons. The number of hydrogen-bond acceptors (Lipinski definition) is 16. The van der Waals surface area contributed by atoms with Crippen molar-refractivity contribution in [2.24, 2.45) is 23.7 Å². The van der Waals surface area contributed by atoms with Gasteiger partial charge in [-0.25, -0.2) is 9.97 Å². The van der Waals surface area contributed by atoms with E-state index in [2.05, 4.69) is 40.2 Å². The number of nitrogens with zero attached hydrogens (tertiary/aromatic N) is 8. The normalized spacial score (nSPS) is 26.4. The lowest BCUT2D eigenvalue weighted by atomic mass is 9.86. The summed E-state index contributed by atoms with van der Waals surface area (Å²) < 4.78 is 24.7. The molecular formula is C52H70N10O10. The second-order valence-corrected chi connectivity index (χ2v) is 19.5. The minimum Gasteiger partial charge on any atom is -0.451 e. The SMILES string of the molecule is C/C=C/c1ccc2n(c1=O)C[C@H]1[C@H](CO)[C@@H](C(=O)NCCCN3CCOCC3)[C@@H]2N1Cc1cocn1.C/C=C\c1ccc2n(c1=O)C[C@H]1[C@H](CO)[C@@H](C(=O)NCCCN3CCOCC3)[C@@H]2N1Cc1cocn1. The number of rotatable bonds is 18. The summed E-state index contributed by atoms with van der Waals surface area (Å²) in [4.78, 5) is 71.4. The van der Waals surface area contributed by atoms with E-state index in [1.165, 1.54) is 12.8 Å². The summed E-state index contributed by atoms with van der Waals surface area (Å²) in [6, 6.07) is 6.52. The first-order chi connectivity index (χ1) is 35.2. The van der Waals surface area contributed by atoms with E-state index in [-0.39, 0.29) is 72.1 Å². The summed E-state index contributed by atoms with van der Waals surface area (Å²) in [6.07, 6.45) is 15.0. The van der Waals surface area contributed by atoms with Gasteiger partial charge in [0.25, 0.3) is 11.1 Å². The number of aromatic nitrogens is 4. The molecule has 0 spiro atoms. The highest BCUT2D eigenvalue weighted by atomic mass is 16.5. The van der Waals surface area contributed by atoms with Gasteiger partial charge in [0.1, 0.15) is 12.5 Å². The van der Waals surface area contributed by atoms with Crippen LogP contribution in [0.3, 0.4) is 0 Å². The molecule has 2 amide bonds. The van der Waals surface area contributed by atoms with Crippen LogP contribution in [-0.4, -0.2) is 165 Å². The number of carbonyl (C=O) groups is 2. The molecule has 10 heterocycles. The van der Waals surface area contributed by atoms with Crippen molar-refractivity contribution in [2.45, 2.75) is 77.0 Å². The minimum atomic E-state index is -0.476. The average molecular weight is 995 g/mol. The van der Waals surface area contributed by atoms with Gasteiger partial charge in [-0.1, -0.05) is 24.3 Å². The molecule has 0 saturated carbocycles. The van der Waals surface area contributed by atoms with Crippen LogP contribution in [0.2, 0.25) is 0 Å². The fourth-order valence-corrected chi connectivity index (χ4v) is 12.0. The Balaban J connectivity index is 0.000000178. The molecule has 0 unspecified atom stereocenters. The Morgan fingerprint density at radius 3 is 1.43 bits per heavy atom. The standard InChI is InChI=1S/2C26H35N5O5/c2*1-2-4-18-5-6-21-24-23(25(33)27-7-3-8-29-9-11-35-12-10-29)20(15-32)22(14-31(21)26(18)34)30(24)13-19-16-36-17-28-19/h2*2,4-6,16-17,20,22-24,32H,3,7-15H2,1H3,(H,27,33)/b4-2+;4-2-/t2*20-,22-,23+,24+/m00/s1. The number of allylic oxidation sites excluding steroid dienone is 2. The number of ether oxygens (including phenoxy) is 2. The van der Waals surface area contributed by atoms with Crippen LogP contribution in [0.4, 0.5) is 0 Å². The molecule has 0 aromatic carbocycles. The molecule has 4 bridgehead atoms. The number of morpholine rings is 2. The van der Waals surface area contributed by atoms with Crippen LogP contribution in [-0.2, 0) is 45.2 Å². The maximum atomic E-state index is 13.6. The summed E-state index contributed by atoms with van der Waals surface area (Å²) in [5.41, 5.74) is 4.24. The lowest BCUT2D eigenvalue weighted by Gasteiger charge is -2.37. The summed E-state index contributed by atoms with van der Waals surface area (Å²) in [7, 11) is 0. The molecule has 4 N–H and O–H groups in total. The van der Waals surface area contributed by atoms with E-state index in [0.717, 1.165) is 101 Å². The molecule has 10 rings (SSSR count). The number of fused-ring (bicyclic) bond motifs is 8. The van der Waals surface area contributed by atoms with Crippen LogP contribution in [0.5, 0.6) is 0 Å². The van der Waals surface area contributed by atoms with Gasteiger partial charge >= 0.3 is 0 Å². The van der Waals surface area contributed by atoms with Gasteiger partial charge < -0.3 is 48.3 Å². The van der Waals surface area contributed by atoms with Crippen molar-refractivity contribution in [1.29, 1.82) is 0 Å². The predicted molar refractivity (Wildman–Crippen MR) is 266 cm³/mol. The Hall–Kier alpha value is -5.58. The lowest BCUT2D eigenvalue weighted by Crippen LogP contribution is -2.46. The van der Waals surface area contributed by atoms with Crippen LogP contribution in [0, 0.1) is 23.7 Å². The van der Waals surface area contributed by atoms with Crippen LogP contribution < -0.4 is 21.8 Å². The van der Waals surface area contributed by atoms with Gasteiger partial charge in [-0.15, -0.1) is 0 Å². The van der Waals surface area contributed by atoms with E-state index in [0.29, 0.717) is 50.4 Å². The van der Waals surface area contributed by atoms with Crippen molar-refractivity contribution in [3.05, 3.63) is 116 Å². The van der Waals surface area contributed by atoms with Crippen molar-refractivity contribution >= 4 is 24.0 Å². The summed E-state index contributed by atoms with van der Waals surface area (Å²) in [5, 5.41) is 27.2. The smallest absolute Gasteiger partial charge is 0.258 e. The number of carbonyl (C=O) groups excluding carboxylic acids is 2. The van der Waals surface area contributed by atoms with Gasteiger partial charge in [0.15, 0.2) is 12.8 Å². The third kappa shape index (κ3) is 10.9. The third-order valence-electron chi connectivity index (χ3n) is 15.5. The maximum Gasteiger partial charge on any atom is 0.258 e. The topological polar surface area (TPSA) is 226 Å². The van der Waals surface area contributed by atoms with Gasteiger partial charge in [-0.05, 0) is 64.0 Å². The monoisotopic (exact) mass is 995 g/mol. The summed E-state index contributed by atoms with van der Waals surface area (Å²) in [6.45, 7) is 15.0. The van der Waals surface area contributed by atoms with Crippen molar-refractivity contribution < 1.29 is 38.1 Å². The van der Waals surface area contributed by atoms with Gasteiger partial charge in [0, 0.05) is 125 Å². The van der Waals surface area contributed by atoms with E-state index in [4.69, 9.17) is 18.3 Å². The molecule has 20 heteroatoms. The second-order valence-electron chi connectivity index (χ2n) is 19.5. The quantitative estimate of drug-likeness (QED) is 0.104. The Morgan fingerprint density at radius 1 is 0.653 bits per heavy atom. The Kier molecular flexibility index (Phi) is 17.1. The summed E-state index contributed by atoms with van der Waals surface area (Å²) >= 11 is 0. The Labute approximate surface area is 419 Å². The first-order valence-electron chi connectivity index (χ1n) is 25.6. The van der Waals surface area contributed by atoms with E-state index >= 15 is 0 Å². The molecule has 8 atom stereocenters. The predicted octanol–water partition coefficient (Wildman–Crippen LogP) is 1.74. The van der Waals surface area contributed by atoms with Crippen molar-refractivity contribution in [2.75, 3.05) is 92.0 Å². The second kappa shape index (κ2) is 24.0. The first-order valence-corrected chi connectivity index (χ1v) is 25.6. The molecule has 4 saturated heterocycles. The molecule has 388 valence electrons. The molecule has 6 aliphatic heterocycles. The molecular weight excluding hydrogens is 925 g/mol. The maximum absolute atomic E-state index is 13.6. The van der Waals surface area contributed by atoms with E-state index in [1.807, 2.05) is 62.4 Å². The van der Waals surface area contributed by atoms with Crippen LogP contribution >= 0.6 is 0 Å². The fraction of sp³-hybridized carbons (Fsp3) is 0.577. The number of nitrogens with one attached hydrogen (secondary N) is 2. The molecule has 72 heavy (non-hydrogen) atoms. The Morgan fingerprint density at radius 2 is 1.07 bits per heavy atom. The first kappa shape index (κ1) is 51.3. The lowest BCUT2D eigenvalue weighted by molar-refractivity contribution is -0.128. The Bertz CT molecular complexity index is 2430. The largest absolute Gasteiger partial charge is 0.451 e. The van der Waals surface area contributed by atoms with Crippen molar-refractivity contribution in [3.8, 4) is 0 Å². The highest BCUT2D eigenvalue weighted by Gasteiger charge is 2.57. The van der Waals surface area contributed by atoms with Crippen LogP contribution in [0.15, 0.2) is 80.2 Å². The minimum absolute atomic E-state index is 0.0649. The number of pyridine rings is 2. The van der Waals surface area contributed by atoms with Gasteiger partial charge in [0.2, 0.25) is 11.8 Å². The molecule has 4 aromatic heterocycles. The number of hydrogen-bond donors (Lipinski definition) is 4. The van der Waals surface area contributed by atoms with E-state index in [1.54, 1.807) is 21.7 Å². The van der Waals surface area contributed by atoms with E-state index < -0.39 is 11.8 Å². The zero-order valence-electron chi connectivity index (χ0n) is 41.4. The number of oxazole rings is 2. The number of aliphatic hydroxyl groups excluding tert-OH is 2. The number of aliphatic hydroxyl groups is 2. The van der Waals surface area contributed by atoms with Gasteiger partial charge in [0.05, 0.1) is 61.7 Å². The van der Waals surface area contributed by atoms with Gasteiger partial charge in [-0.3, -0.25) is 38.8 Å². The molecule has 4 fully saturated rings. The van der Waals surface area contributed by atoms with Crippen molar-refractivity contribution in [1.82, 2.24) is 49.3 Å². The third-order valence-corrected chi connectivity index (χ3v) is 15.5. The molecule has 6 aliphatic rings. The molecule has 0 aliphatic carbocycles. The zero-order valence-corrected chi connectivity index (χ0v) is 41.4. The zero-order chi connectivity index (χ0) is 50.1. The van der Waals surface area contributed by atoms with Gasteiger partial charge in [-0.2, -0.15) is 0 Å². The van der Waals surface area contributed by atoms with Crippen LogP contribution in [0.1, 0.15) is 72.7 Å². The summed E-state index contributed by atoms with van der Waals surface area (Å²) in [5.74, 6) is -1.71. The van der Waals surface area contributed by atoms with Crippen LogP contribution in [0.25, 0.3) is 12.2 Å². The molecule has 20 nitrogen and oxygen atoms in total. The number of amides is 2. The highest BCUT2D eigenvalue weighted by Crippen LogP contribution is 2.50. The average Bonchev–Trinajstić information content (AvgIpc) is 4.20. The molecule has 4 aromatic rings. The van der Waals surface area contributed by atoms with E-state index in [9.17, 15) is 29.4 Å². The fourth-order valence-electron chi connectivity index (χ4n) is 12.0. The van der Waals surface area contributed by atoms with Crippen molar-refractivity contribution in [3.63, 3.8) is 0 Å². The highest BCUT2D eigenvalue weighted by molar-refractivity contribution is 5.81.